The van der Waals surface area contributed by atoms with Crippen molar-refractivity contribution in [3.63, 3.8) is 0 Å². The molecule has 0 bridgehead atoms. The third-order valence-electron chi connectivity index (χ3n) is 5.51. The zero-order chi connectivity index (χ0) is 21.3. The summed E-state index contributed by atoms with van der Waals surface area (Å²) in [6.45, 7) is 0. The largest absolute Gasteiger partial charge is 0.507 e. The van der Waals surface area contributed by atoms with Crippen LogP contribution in [0.3, 0.4) is 0 Å². The van der Waals surface area contributed by atoms with Crippen molar-refractivity contribution in [2.24, 2.45) is 0 Å². The van der Waals surface area contributed by atoms with Gasteiger partial charge in [0.2, 0.25) is 0 Å². The topological polar surface area (TPSA) is 77.8 Å². The number of carbonyl (C=O) groups is 2. The Morgan fingerprint density at radius 3 is 2.30 bits per heavy atom. The fourth-order valence-corrected chi connectivity index (χ4v) is 4.40. The normalized spacial score (nSPS) is 18.4. The minimum Gasteiger partial charge on any atom is -0.507 e. The van der Waals surface area contributed by atoms with E-state index in [1.807, 2.05) is 36.4 Å². The van der Waals surface area contributed by atoms with Gasteiger partial charge < -0.3 is 15.1 Å². The highest BCUT2D eigenvalue weighted by Gasteiger charge is 2.43. The van der Waals surface area contributed by atoms with Crippen LogP contribution < -0.4 is 0 Å². The van der Waals surface area contributed by atoms with Gasteiger partial charge in [-0.2, -0.15) is 0 Å². The van der Waals surface area contributed by atoms with Gasteiger partial charge >= 0.3 is 5.97 Å². The second-order valence-electron chi connectivity index (χ2n) is 7.25. The van der Waals surface area contributed by atoms with Crippen molar-refractivity contribution in [2.75, 3.05) is 0 Å². The SMILES string of the molecule is O=C(O)C1CCC(c2ccccc2Cl)N1C(=O)c1c(O)cccc1-c1ccccc1. The summed E-state index contributed by atoms with van der Waals surface area (Å²) in [5.41, 5.74) is 2.11. The summed E-state index contributed by atoms with van der Waals surface area (Å²) >= 11 is 6.37. The van der Waals surface area contributed by atoms with Crippen LogP contribution in [0.25, 0.3) is 11.1 Å². The molecule has 1 aliphatic rings. The first kappa shape index (κ1) is 20.0. The summed E-state index contributed by atoms with van der Waals surface area (Å²) in [7, 11) is 0. The van der Waals surface area contributed by atoms with Crippen LogP contribution in [0, 0.1) is 0 Å². The fourth-order valence-electron chi connectivity index (χ4n) is 4.14. The Balaban J connectivity index is 1.84. The molecule has 30 heavy (non-hydrogen) atoms. The zero-order valence-corrected chi connectivity index (χ0v) is 16.8. The number of rotatable bonds is 4. The van der Waals surface area contributed by atoms with Crippen molar-refractivity contribution in [2.45, 2.75) is 24.9 Å². The number of aromatic hydroxyl groups is 1. The number of amides is 1. The van der Waals surface area contributed by atoms with Gasteiger partial charge in [-0.15, -0.1) is 0 Å². The number of benzene rings is 3. The van der Waals surface area contributed by atoms with Gasteiger partial charge in [0.05, 0.1) is 11.6 Å². The van der Waals surface area contributed by atoms with Crippen LogP contribution in [0.5, 0.6) is 5.75 Å². The molecule has 1 saturated heterocycles. The molecule has 5 nitrogen and oxygen atoms in total. The van der Waals surface area contributed by atoms with E-state index < -0.39 is 24.0 Å². The molecule has 4 rings (SSSR count). The number of aliphatic carboxylic acids is 1. The maximum Gasteiger partial charge on any atom is 0.326 e. The van der Waals surface area contributed by atoms with E-state index in [0.29, 0.717) is 29.0 Å². The second-order valence-corrected chi connectivity index (χ2v) is 7.65. The number of hydrogen-bond donors (Lipinski definition) is 2. The predicted molar refractivity (Wildman–Crippen MR) is 115 cm³/mol. The van der Waals surface area contributed by atoms with Crippen LogP contribution in [0.15, 0.2) is 72.8 Å². The van der Waals surface area contributed by atoms with E-state index in [9.17, 15) is 19.8 Å². The predicted octanol–water partition coefficient (Wildman–Crippen LogP) is 5.14. The maximum absolute atomic E-state index is 13.7. The molecule has 152 valence electrons. The lowest BCUT2D eigenvalue weighted by Gasteiger charge is -2.30. The summed E-state index contributed by atoms with van der Waals surface area (Å²) in [5, 5.41) is 20.9. The average Bonchev–Trinajstić information content (AvgIpc) is 3.19. The van der Waals surface area contributed by atoms with Gasteiger partial charge in [-0.3, -0.25) is 4.79 Å². The molecule has 3 aromatic rings. The van der Waals surface area contributed by atoms with Gasteiger partial charge in [0.15, 0.2) is 0 Å². The van der Waals surface area contributed by atoms with E-state index >= 15 is 0 Å². The molecule has 2 atom stereocenters. The summed E-state index contributed by atoms with van der Waals surface area (Å²) in [6, 6.07) is 19.7. The van der Waals surface area contributed by atoms with E-state index in [1.54, 1.807) is 30.3 Å². The Morgan fingerprint density at radius 2 is 1.60 bits per heavy atom. The molecule has 1 fully saturated rings. The molecule has 0 aromatic heterocycles. The van der Waals surface area contributed by atoms with Crippen LogP contribution in [0.1, 0.15) is 34.8 Å². The standard InChI is InChI=1S/C24H20ClNO4/c25-18-11-5-4-9-17(18)19-13-14-20(24(29)30)26(19)23(28)22-16(10-6-12-21(22)27)15-7-2-1-3-8-15/h1-12,19-20,27H,13-14H2,(H,29,30). The monoisotopic (exact) mass is 421 g/mol. The Kier molecular flexibility index (Phi) is 5.46. The minimum absolute atomic E-state index is 0.0916. The molecule has 0 saturated carbocycles. The molecular weight excluding hydrogens is 402 g/mol. The fraction of sp³-hybridized carbons (Fsp3) is 0.167. The van der Waals surface area contributed by atoms with Crippen LogP contribution in [0.4, 0.5) is 0 Å². The molecule has 3 aromatic carbocycles. The van der Waals surface area contributed by atoms with E-state index in [0.717, 1.165) is 5.56 Å². The van der Waals surface area contributed by atoms with Gasteiger partial charge in [-0.1, -0.05) is 72.3 Å². The highest BCUT2D eigenvalue weighted by atomic mass is 35.5. The van der Waals surface area contributed by atoms with Crippen molar-refractivity contribution in [3.8, 4) is 16.9 Å². The van der Waals surface area contributed by atoms with E-state index in [4.69, 9.17) is 11.6 Å². The van der Waals surface area contributed by atoms with Crippen molar-refractivity contribution < 1.29 is 19.8 Å². The molecule has 0 spiro atoms. The van der Waals surface area contributed by atoms with Gasteiger partial charge in [0, 0.05) is 5.02 Å². The number of phenolic OH excluding ortho intramolecular Hbond substituents is 1. The third kappa shape index (κ3) is 3.53. The first-order valence-electron chi connectivity index (χ1n) is 9.66. The first-order chi connectivity index (χ1) is 14.5. The number of carboxylic acids is 1. The molecule has 1 aliphatic heterocycles. The second kappa shape index (κ2) is 8.20. The molecule has 2 unspecified atom stereocenters. The summed E-state index contributed by atoms with van der Waals surface area (Å²) in [6.07, 6.45) is 0.784. The van der Waals surface area contributed by atoms with Crippen LogP contribution >= 0.6 is 11.6 Å². The highest BCUT2D eigenvalue weighted by Crippen LogP contribution is 2.42. The Hall–Kier alpha value is -3.31. The Labute approximate surface area is 179 Å². The van der Waals surface area contributed by atoms with Crippen LogP contribution in [-0.2, 0) is 4.79 Å². The van der Waals surface area contributed by atoms with Crippen molar-refractivity contribution in [3.05, 3.63) is 88.9 Å². The molecule has 2 N–H and O–H groups in total. The number of likely N-dealkylation sites (tertiary alicyclic amines) is 1. The summed E-state index contributed by atoms with van der Waals surface area (Å²) < 4.78 is 0. The molecular formula is C24H20ClNO4. The minimum atomic E-state index is -1.07. The average molecular weight is 422 g/mol. The summed E-state index contributed by atoms with van der Waals surface area (Å²) in [5.74, 6) is -1.79. The van der Waals surface area contributed by atoms with Gasteiger partial charge in [0.1, 0.15) is 11.8 Å². The lowest BCUT2D eigenvalue weighted by molar-refractivity contribution is -0.141. The molecule has 0 radical (unpaired) electrons. The van der Waals surface area contributed by atoms with Gasteiger partial charge in [-0.25, -0.2) is 4.79 Å². The number of carboxylic acid groups (broad SMARTS) is 1. The number of phenols is 1. The third-order valence-corrected chi connectivity index (χ3v) is 5.85. The van der Waals surface area contributed by atoms with Crippen molar-refractivity contribution >= 4 is 23.5 Å². The molecule has 0 aliphatic carbocycles. The number of nitrogens with zero attached hydrogens (tertiary/aromatic N) is 1. The number of hydrogen-bond acceptors (Lipinski definition) is 3. The van der Waals surface area contributed by atoms with E-state index in [1.165, 1.54) is 11.0 Å². The maximum atomic E-state index is 13.7. The van der Waals surface area contributed by atoms with Gasteiger partial charge in [0.25, 0.3) is 5.91 Å². The van der Waals surface area contributed by atoms with Crippen molar-refractivity contribution in [1.82, 2.24) is 4.90 Å². The van der Waals surface area contributed by atoms with Gasteiger partial charge in [-0.05, 0) is 41.7 Å². The first-order valence-corrected chi connectivity index (χ1v) is 10.0. The molecule has 1 heterocycles. The Bertz CT molecular complexity index is 1100. The lowest BCUT2D eigenvalue weighted by Crippen LogP contribution is -2.42. The molecule has 1 amide bonds. The number of halogens is 1. The number of carbonyl (C=O) groups excluding carboxylic acids is 1. The summed E-state index contributed by atoms with van der Waals surface area (Å²) in [4.78, 5) is 27.0. The smallest absolute Gasteiger partial charge is 0.326 e. The molecule has 6 heteroatoms. The quantitative estimate of drug-likeness (QED) is 0.611. The zero-order valence-electron chi connectivity index (χ0n) is 16.0. The van der Waals surface area contributed by atoms with Crippen molar-refractivity contribution in [1.29, 1.82) is 0 Å². The lowest BCUT2D eigenvalue weighted by atomic mass is 9.96. The van der Waals surface area contributed by atoms with E-state index in [-0.39, 0.29) is 11.3 Å². The Morgan fingerprint density at radius 1 is 0.900 bits per heavy atom. The van der Waals surface area contributed by atoms with Crippen LogP contribution in [0.2, 0.25) is 5.02 Å². The van der Waals surface area contributed by atoms with E-state index in [2.05, 4.69) is 0 Å². The van der Waals surface area contributed by atoms with Crippen LogP contribution in [-0.4, -0.2) is 33.0 Å². The highest BCUT2D eigenvalue weighted by molar-refractivity contribution is 6.31.